The smallest absolute Gasteiger partial charge is 0.390 e. The monoisotopic (exact) mass is 409 g/mol. The molecule has 1 aliphatic rings. The molecule has 1 fully saturated rings. The number of hydrogen-bond acceptors (Lipinski definition) is 8. The highest BCUT2D eigenvalue weighted by atomic mass is 79.9. The SMILES string of the molecule is Nc1ncnc2c1nc(Br)n2C1C[C@H](O)[C@@H](COP(=O)(O)O)O1. The van der Waals surface area contributed by atoms with Gasteiger partial charge in [-0.25, -0.2) is 19.5 Å². The summed E-state index contributed by atoms with van der Waals surface area (Å²) in [6.45, 7) is -0.441. The third-order valence-corrected chi connectivity index (χ3v) is 4.41. The van der Waals surface area contributed by atoms with E-state index in [1.807, 2.05) is 0 Å². The van der Waals surface area contributed by atoms with Crippen LogP contribution in [0.15, 0.2) is 11.1 Å². The number of rotatable bonds is 4. The minimum Gasteiger partial charge on any atom is -0.390 e. The average Bonchev–Trinajstić information content (AvgIpc) is 2.96. The van der Waals surface area contributed by atoms with E-state index in [0.29, 0.717) is 15.9 Å². The lowest BCUT2D eigenvalue weighted by molar-refractivity contribution is -0.0431. The van der Waals surface area contributed by atoms with Crippen LogP contribution < -0.4 is 5.73 Å². The van der Waals surface area contributed by atoms with E-state index in [1.165, 1.54) is 6.33 Å². The Hall–Kier alpha value is -1.14. The number of fused-ring (bicyclic) bond motifs is 1. The van der Waals surface area contributed by atoms with Crippen LogP contribution >= 0.6 is 23.8 Å². The highest BCUT2D eigenvalue weighted by Crippen LogP contribution is 2.39. The molecule has 3 rings (SSSR count). The summed E-state index contributed by atoms with van der Waals surface area (Å²) in [6, 6.07) is 0. The molecule has 5 N–H and O–H groups in total. The summed E-state index contributed by atoms with van der Waals surface area (Å²) in [5, 5.41) is 10.0. The second-order valence-electron chi connectivity index (χ2n) is 4.90. The Labute approximate surface area is 137 Å². The standard InChI is InChI=1S/C10H13BrN5O6P/c11-10-15-7-8(12)13-3-14-9(7)16(10)6-1-4(17)5(22-6)2-21-23(18,19)20/h3-6,17H,1-2H2,(H2,12,13,14)(H2,18,19,20)/t4-,5+,6?/m0/s1. The second kappa shape index (κ2) is 6.06. The molecule has 126 valence electrons. The first-order valence-electron chi connectivity index (χ1n) is 6.44. The number of imidazole rings is 1. The Morgan fingerprint density at radius 3 is 2.96 bits per heavy atom. The molecule has 0 aliphatic carbocycles. The molecule has 23 heavy (non-hydrogen) atoms. The minimum atomic E-state index is -4.64. The van der Waals surface area contributed by atoms with Crippen LogP contribution in [0.25, 0.3) is 11.2 Å². The lowest BCUT2D eigenvalue weighted by atomic mass is 10.2. The Morgan fingerprint density at radius 1 is 1.52 bits per heavy atom. The first-order chi connectivity index (χ1) is 10.8. The molecule has 0 bridgehead atoms. The third-order valence-electron chi connectivity index (χ3n) is 3.36. The molecule has 13 heteroatoms. The predicted octanol–water partition coefficient (Wildman–Crippen LogP) is -0.0713. The molecule has 0 amide bonds. The summed E-state index contributed by atoms with van der Waals surface area (Å²) >= 11 is 3.28. The van der Waals surface area contributed by atoms with Crippen molar-refractivity contribution in [3.8, 4) is 0 Å². The van der Waals surface area contributed by atoms with Gasteiger partial charge in [0.15, 0.2) is 21.7 Å². The fourth-order valence-electron chi connectivity index (χ4n) is 2.35. The van der Waals surface area contributed by atoms with E-state index >= 15 is 0 Å². The number of aliphatic hydroxyl groups is 1. The van der Waals surface area contributed by atoms with E-state index in [-0.39, 0.29) is 12.2 Å². The third kappa shape index (κ3) is 3.38. The number of ether oxygens (including phenoxy) is 1. The zero-order valence-electron chi connectivity index (χ0n) is 11.5. The highest BCUT2D eigenvalue weighted by Gasteiger charge is 2.38. The van der Waals surface area contributed by atoms with E-state index < -0.39 is 32.9 Å². The molecule has 3 atom stereocenters. The summed E-state index contributed by atoms with van der Waals surface area (Å²) in [4.78, 5) is 29.6. The van der Waals surface area contributed by atoms with Gasteiger partial charge in [-0.15, -0.1) is 0 Å². The van der Waals surface area contributed by atoms with Gasteiger partial charge >= 0.3 is 7.82 Å². The number of nitrogens with two attached hydrogens (primary N) is 1. The fourth-order valence-corrected chi connectivity index (χ4v) is 3.26. The maximum atomic E-state index is 10.8. The van der Waals surface area contributed by atoms with Crippen LogP contribution in [0.3, 0.4) is 0 Å². The normalized spacial score (nSPS) is 25.3. The number of aromatic nitrogens is 4. The summed E-state index contributed by atoms with van der Waals surface area (Å²) in [7, 11) is -4.64. The number of aliphatic hydroxyl groups excluding tert-OH is 1. The number of phosphoric acid groups is 1. The van der Waals surface area contributed by atoms with E-state index in [9.17, 15) is 9.67 Å². The van der Waals surface area contributed by atoms with Crippen LogP contribution in [0.2, 0.25) is 0 Å². The van der Waals surface area contributed by atoms with Gasteiger partial charge in [-0.2, -0.15) is 0 Å². The summed E-state index contributed by atoms with van der Waals surface area (Å²) in [5.41, 5.74) is 6.54. The highest BCUT2D eigenvalue weighted by molar-refractivity contribution is 9.10. The molecule has 0 spiro atoms. The molecule has 11 nitrogen and oxygen atoms in total. The van der Waals surface area contributed by atoms with Gasteiger partial charge in [0, 0.05) is 6.42 Å². The topological polar surface area (TPSA) is 166 Å². The van der Waals surface area contributed by atoms with Crippen molar-refractivity contribution in [3.63, 3.8) is 0 Å². The van der Waals surface area contributed by atoms with Gasteiger partial charge in [0.05, 0.1) is 12.7 Å². The number of phosphoric ester groups is 1. The number of nitrogen functional groups attached to an aromatic ring is 1. The zero-order chi connectivity index (χ0) is 16.8. The fraction of sp³-hybridized carbons (Fsp3) is 0.500. The van der Waals surface area contributed by atoms with Crippen LogP contribution in [0, 0.1) is 0 Å². The van der Waals surface area contributed by atoms with Gasteiger partial charge in [0.1, 0.15) is 18.7 Å². The lowest BCUT2D eigenvalue weighted by Crippen LogP contribution is -2.25. The Bertz CT molecular complexity index is 780. The molecule has 1 saturated heterocycles. The molecule has 2 aromatic heterocycles. The van der Waals surface area contributed by atoms with Crippen molar-refractivity contribution in [2.75, 3.05) is 12.3 Å². The van der Waals surface area contributed by atoms with Crippen molar-refractivity contribution in [3.05, 3.63) is 11.1 Å². The molecule has 1 aliphatic heterocycles. The van der Waals surface area contributed by atoms with E-state index in [0.717, 1.165) is 0 Å². The maximum Gasteiger partial charge on any atom is 0.469 e. The van der Waals surface area contributed by atoms with Crippen molar-refractivity contribution in [1.29, 1.82) is 0 Å². The Balaban J connectivity index is 1.85. The largest absolute Gasteiger partial charge is 0.469 e. The van der Waals surface area contributed by atoms with Gasteiger partial charge in [-0.1, -0.05) is 0 Å². The van der Waals surface area contributed by atoms with Gasteiger partial charge < -0.3 is 25.4 Å². The van der Waals surface area contributed by atoms with Crippen molar-refractivity contribution < 1.29 is 28.7 Å². The maximum absolute atomic E-state index is 10.8. The molecule has 0 radical (unpaired) electrons. The number of halogens is 1. The zero-order valence-corrected chi connectivity index (χ0v) is 14.0. The van der Waals surface area contributed by atoms with E-state index in [1.54, 1.807) is 4.57 Å². The molecular formula is C10H13BrN5O6P. The molecular weight excluding hydrogens is 397 g/mol. The molecule has 0 aromatic carbocycles. The van der Waals surface area contributed by atoms with Gasteiger partial charge in [0.2, 0.25) is 0 Å². The van der Waals surface area contributed by atoms with Crippen LogP contribution in [0.4, 0.5) is 5.82 Å². The first-order valence-corrected chi connectivity index (χ1v) is 8.76. The quantitative estimate of drug-likeness (QED) is 0.396. The Kier molecular flexibility index (Phi) is 4.40. The summed E-state index contributed by atoms with van der Waals surface area (Å²) < 4.78 is 22.7. The lowest BCUT2D eigenvalue weighted by Gasteiger charge is -2.16. The van der Waals surface area contributed by atoms with Crippen molar-refractivity contribution in [2.24, 2.45) is 0 Å². The van der Waals surface area contributed by atoms with Crippen LogP contribution in [0.1, 0.15) is 12.6 Å². The van der Waals surface area contributed by atoms with Gasteiger partial charge in [0.25, 0.3) is 0 Å². The average molecular weight is 410 g/mol. The number of anilines is 1. The number of nitrogens with zero attached hydrogens (tertiary/aromatic N) is 4. The molecule has 1 unspecified atom stereocenters. The predicted molar refractivity (Wildman–Crippen MR) is 80.0 cm³/mol. The Morgan fingerprint density at radius 2 is 2.26 bits per heavy atom. The van der Waals surface area contributed by atoms with Crippen molar-refractivity contribution >= 4 is 40.7 Å². The summed E-state index contributed by atoms with van der Waals surface area (Å²) in [6.07, 6.45) is -1.05. The molecule has 3 heterocycles. The van der Waals surface area contributed by atoms with E-state index in [4.69, 9.17) is 20.3 Å². The first kappa shape index (κ1) is 16.7. The second-order valence-corrected chi connectivity index (χ2v) is 6.85. The minimum absolute atomic E-state index is 0.170. The van der Waals surface area contributed by atoms with E-state index in [2.05, 4.69) is 35.4 Å². The molecule has 0 saturated carbocycles. The summed E-state index contributed by atoms with van der Waals surface area (Å²) in [5.74, 6) is 0.203. The van der Waals surface area contributed by atoms with Crippen LogP contribution in [0.5, 0.6) is 0 Å². The van der Waals surface area contributed by atoms with Gasteiger partial charge in [-0.3, -0.25) is 9.09 Å². The van der Waals surface area contributed by atoms with Gasteiger partial charge in [-0.05, 0) is 15.9 Å². The van der Waals surface area contributed by atoms with Crippen molar-refractivity contribution in [1.82, 2.24) is 19.5 Å². The number of hydrogen-bond donors (Lipinski definition) is 4. The van der Waals surface area contributed by atoms with Crippen molar-refractivity contribution in [2.45, 2.75) is 24.9 Å². The molecule has 2 aromatic rings. The van der Waals surface area contributed by atoms with Crippen LogP contribution in [-0.2, 0) is 13.8 Å². The van der Waals surface area contributed by atoms with Crippen LogP contribution in [-0.4, -0.2) is 53.2 Å².